The molecule has 0 N–H and O–H groups in total. The van der Waals surface area contributed by atoms with Crippen LogP contribution in [-0.2, 0) is 32.5 Å². The van der Waals surface area contributed by atoms with Gasteiger partial charge in [-0.25, -0.2) is 13.2 Å². The van der Waals surface area contributed by atoms with E-state index in [2.05, 4.69) is 4.74 Å². The Morgan fingerprint density at radius 3 is 2.62 bits per heavy atom. The molecule has 0 fully saturated rings. The highest BCUT2D eigenvalue weighted by Gasteiger charge is 2.28. The fraction of sp³-hybridized carbons (Fsp3) is 0.278. The first kappa shape index (κ1) is 18.7. The summed E-state index contributed by atoms with van der Waals surface area (Å²) in [7, 11) is -2.43. The van der Waals surface area contributed by atoms with Crippen LogP contribution in [0.4, 0.5) is 0 Å². The fourth-order valence-electron chi connectivity index (χ4n) is 2.78. The number of nitrogens with zero attached hydrogens (tertiary/aromatic N) is 1. The molecule has 0 spiro atoms. The molecule has 0 saturated carbocycles. The van der Waals surface area contributed by atoms with Crippen molar-refractivity contribution < 1.29 is 22.7 Å². The molecule has 0 amide bonds. The Kier molecular flexibility index (Phi) is 5.50. The van der Waals surface area contributed by atoms with E-state index in [1.54, 1.807) is 0 Å². The first-order valence-electron chi connectivity index (χ1n) is 7.98. The summed E-state index contributed by atoms with van der Waals surface area (Å²) in [4.78, 5) is 11.2. The molecule has 0 atom stereocenters. The molecule has 2 aromatic rings. The van der Waals surface area contributed by atoms with E-state index in [1.807, 2.05) is 24.3 Å². The van der Waals surface area contributed by atoms with Crippen molar-refractivity contribution in [3.8, 4) is 5.75 Å². The van der Waals surface area contributed by atoms with Crippen molar-refractivity contribution in [3.63, 3.8) is 0 Å². The molecule has 0 radical (unpaired) electrons. The number of carbonyl (C=O) groups is 1. The second-order valence-electron chi connectivity index (χ2n) is 5.81. The van der Waals surface area contributed by atoms with Crippen LogP contribution in [0.2, 0.25) is 5.02 Å². The zero-order chi connectivity index (χ0) is 18.7. The van der Waals surface area contributed by atoms with Gasteiger partial charge in [0.25, 0.3) is 0 Å². The van der Waals surface area contributed by atoms with Crippen molar-refractivity contribution in [2.45, 2.75) is 17.9 Å². The van der Waals surface area contributed by atoms with Gasteiger partial charge < -0.3 is 9.47 Å². The summed E-state index contributed by atoms with van der Waals surface area (Å²) in [6.07, 6.45) is 0.670. The maximum atomic E-state index is 12.9. The van der Waals surface area contributed by atoms with Crippen LogP contribution in [-0.4, -0.2) is 39.0 Å². The number of halogens is 1. The Balaban J connectivity index is 1.80. The third-order valence-electron chi connectivity index (χ3n) is 4.21. The second-order valence-corrected chi connectivity index (χ2v) is 8.16. The van der Waals surface area contributed by atoms with Gasteiger partial charge in [0.1, 0.15) is 5.75 Å². The zero-order valence-electron chi connectivity index (χ0n) is 14.1. The minimum absolute atomic E-state index is 0.0901. The molecule has 0 aliphatic carbocycles. The quantitative estimate of drug-likeness (QED) is 0.728. The molecule has 138 valence electrons. The lowest BCUT2D eigenvalue weighted by molar-refractivity contribution is -0.142. The Labute approximate surface area is 157 Å². The van der Waals surface area contributed by atoms with Crippen LogP contribution in [0.15, 0.2) is 47.4 Å². The lowest BCUT2D eigenvalue weighted by Crippen LogP contribution is -2.35. The molecule has 0 saturated heterocycles. The van der Waals surface area contributed by atoms with Crippen molar-refractivity contribution in [2.75, 3.05) is 20.3 Å². The van der Waals surface area contributed by atoms with E-state index >= 15 is 0 Å². The maximum Gasteiger partial charge on any atom is 0.343 e. The van der Waals surface area contributed by atoms with Crippen LogP contribution >= 0.6 is 11.6 Å². The molecule has 26 heavy (non-hydrogen) atoms. The molecule has 1 heterocycles. The van der Waals surface area contributed by atoms with Crippen LogP contribution in [0.25, 0.3) is 0 Å². The summed E-state index contributed by atoms with van der Waals surface area (Å²) < 4.78 is 37.0. The highest BCUT2D eigenvalue weighted by Crippen LogP contribution is 2.30. The number of carbonyl (C=O) groups excluding carboxylic acids is 1. The van der Waals surface area contributed by atoms with E-state index in [0.29, 0.717) is 19.5 Å². The molecule has 0 bridgehead atoms. The molecule has 1 aliphatic heterocycles. The van der Waals surface area contributed by atoms with Gasteiger partial charge in [-0.05, 0) is 35.7 Å². The van der Waals surface area contributed by atoms with Crippen molar-refractivity contribution in [1.29, 1.82) is 0 Å². The first-order chi connectivity index (χ1) is 12.4. The molecule has 1 aliphatic rings. The van der Waals surface area contributed by atoms with Crippen LogP contribution < -0.4 is 4.74 Å². The van der Waals surface area contributed by atoms with Gasteiger partial charge in [-0.3, -0.25) is 0 Å². The van der Waals surface area contributed by atoms with Gasteiger partial charge in [-0.1, -0.05) is 35.9 Å². The minimum atomic E-state index is -3.68. The summed E-state index contributed by atoms with van der Waals surface area (Å²) in [6.45, 7) is 0.444. The van der Waals surface area contributed by atoms with Crippen molar-refractivity contribution >= 4 is 27.6 Å². The maximum absolute atomic E-state index is 12.9. The number of ether oxygens (including phenoxy) is 2. The van der Waals surface area contributed by atoms with Crippen LogP contribution in [0.3, 0.4) is 0 Å². The van der Waals surface area contributed by atoms with E-state index in [-0.39, 0.29) is 22.3 Å². The Hall–Kier alpha value is -2.09. The van der Waals surface area contributed by atoms with Gasteiger partial charge in [-0.2, -0.15) is 4.31 Å². The molecular weight excluding hydrogens is 378 g/mol. The summed E-state index contributed by atoms with van der Waals surface area (Å²) in [5.41, 5.74) is 2.18. The highest BCUT2D eigenvalue weighted by molar-refractivity contribution is 7.89. The number of hydrogen-bond acceptors (Lipinski definition) is 5. The Morgan fingerprint density at radius 2 is 1.92 bits per heavy atom. The van der Waals surface area contributed by atoms with E-state index in [4.69, 9.17) is 16.3 Å². The van der Waals surface area contributed by atoms with Gasteiger partial charge in [0, 0.05) is 13.1 Å². The lowest BCUT2D eigenvalue weighted by Gasteiger charge is -2.28. The van der Waals surface area contributed by atoms with Crippen LogP contribution in [0, 0.1) is 0 Å². The number of methoxy groups -OCH3 is 1. The largest absolute Gasteiger partial charge is 0.480 e. The Morgan fingerprint density at radius 1 is 1.19 bits per heavy atom. The number of benzene rings is 2. The molecular formula is C18H18ClNO5S. The summed E-state index contributed by atoms with van der Waals surface area (Å²) in [5.74, 6) is -0.329. The average Bonchev–Trinajstić information content (AvgIpc) is 2.66. The number of rotatable bonds is 5. The van der Waals surface area contributed by atoms with Crippen molar-refractivity contribution in [2.24, 2.45) is 0 Å². The normalized spacial score (nSPS) is 14.5. The number of esters is 1. The van der Waals surface area contributed by atoms with E-state index in [9.17, 15) is 13.2 Å². The van der Waals surface area contributed by atoms with Gasteiger partial charge >= 0.3 is 5.97 Å². The number of hydrogen-bond donors (Lipinski definition) is 0. The predicted molar refractivity (Wildman–Crippen MR) is 96.7 cm³/mol. The van der Waals surface area contributed by atoms with E-state index in [0.717, 1.165) is 5.56 Å². The molecule has 3 rings (SSSR count). The smallest absolute Gasteiger partial charge is 0.343 e. The van der Waals surface area contributed by atoms with E-state index < -0.39 is 16.0 Å². The zero-order valence-corrected chi connectivity index (χ0v) is 15.7. The fourth-order valence-corrected chi connectivity index (χ4v) is 4.52. The molecule has 2 aromatic carbocycles. The summed E-state index contributed by atoms with van der Waals surface area (Å²) in [6, 6.07) is 12.0. The Bertz CT molecular complexity index is 929. The second kappa shape index (κ2) is 7.65. The van der Waals surface area contributed by atoms with Gasteiger partial charge in [0.2, 0.25) is 10.0 Å². The molecule has 0 aromatic heterocycles. The van der Waals surface area contributed by atoms with Gasteiger partial charge in [-0.15, -0.1) is 0 Å². The lowest BCUT2D eigenvalue weighted by atomic mass is 10.0. The minimum Gasteiger partial charge on any atom is -0.480 e. The van der Waals surface area contributed by atoms with Crippen molar-refractivity contribution in [1.82, 2.24) is 4.31 Å². The molecule has 6 nitrogen and oxygen atoms in total. The van der Waals surface area contributed by atoms with Crippen molar-refractivity contribution in [3.05, 3.63) is 58.6 Å². The van der Waals surface area contributed by atoms with Crippen LogP contribution in [0.5, 0.6) is 5.75 Å². The first-order valence-corrected chi connectivity index (χ1v) is 9.79. The van der Waals surface area contributed by atoms with Crippen LogP contribution in [0.1, 0.15) is 11.1 Å². The third-order valence-corrected chi connectivity index (χ3v) is 6.35. The average molecular weight is 396 g/mol. The third kappa shape index (κ3) is 3.85. The number of fused-ring (bicyclic) bond motifs is 1. The van der Waals surface area contributed by atoms with Gasteiger partial charge in [0.05, 0.1) is 17.0 Å². The highest BCUT2D eigenvalue weighted by atomic mass is 35.5. The monoisotopic (exact) mass is 395 g/mol. The standard InChI is InChI=1S/C18H18ClNO5S/c1-24-18(21)12-25-17-7-6-15(10-16(17)19)26(22,23)20-9-8-13-4-2-3-5-14(13)11-20/h2-7,10H,8-9,11-12H2,1H3. The predicted octanol–water partition coefficient (Wildman–Crippen LogP) is 2.64. The van der Waals surface area contributed by atoms with Gasteiger partial charge in [0.15, 0.2) is 6.61 Å². The molecule has 8 heteroatoms. The number of sulfonamides is 1. The summed E-state index contributed by atoms with van der Waals surface area (Å²) >= 11 is 6.12. The summed E-state index contributed by atoms with van der Waals surface area (Å²) in [5, 5.41) is 0.118. The molecule has 0 unspecified atom stereocenters. The van der Waals surface area contributed by atoms with E-state index in [1.165, 1.54) is 35.2 Å². The SMILES string of the molecule is COC(=O)COc1ccc(S(=O)(=O)N2CCc3ccccc3C2)cc1Cl. The topological polar surface area (TPSA) is 72.9 Å².